The molecule has 1 rings (SSSR count). The van der Waals surface area contributed by atoms with Crippen LogP contribution < -0.4 is 0 Å². The van der Waals surface area contributed by atoms with Gasteiger partial charge in [-0.25, -0.2) is 0 Å². The molecule has 90 valence electrons. The number of carbonyl (C=O) groups is 1. The summed E-state index contributed by atoms with van der Waals surface area (Å²) in [5.74, 6) is 0.800. The maximum Gasteiger partial charge on any atom is 0.174 e. The molecule has 16 heavy (non-hydrogen) atoms. The van der Waals surface area contributed by atoms with Crippen LogP contribution in [0.2, 0.25) is 0 Å². The molecule has 3 heteroatoms. The van der Waals surface area contributed by atoms with E-state index in [-0.39, 0.29) is 10.5 Å². The molecule has 2 nitrogen and oxygen atoms in total. The second-order valence-corrected chi connectivity index (χ2v) is 6.97. The van der Waals surface area contributed by atoms with Crippen molar-refractivity contribution >= 4 is 17.5 Å². The summed E-state index contributed by atoms with van der Waals surface area (Å²) in [4.78, 5) is 12.0. The van der Waals surface area contributed by atoms with Crippen molar-refractivity contribution in [1.29, 1.82) is 0 Å². The molecule has 1 aromatic heterocycles. The Hall–Kier alpha value is -0.700. The molecule has 0 atom stereocenters. The maximum absolute atomic E-state index is 12.0. The Morgan fingerprint density at radius 1 is 1.38 bits per heavy atom. The Labute approximate surface area is 102 Å². The van der Waals surface area contributed by atoms with Gasteiger partial charge in [0, 0.05) is 28.7 Å². The highest BCUT2D eigenvalue weighted by atomic mass is 32.2. The van der Waals surface area contributed by atoms with Crippen molar-refractivity contribution in [2.24, 2.45) is 7.05 Å². The minimum Gasteiger partial charge on any atom is -0.351 e. The zero-order valence-electron chi connectivity index (χ0n) is 11.0. The van der Waals surface area contributed by atoms with Crippen LogP contribution in [0.4, 0.5) is 0 Å². The van der Waals surface area contributed by atoms with Crippen molar-refractivity contribution in [3.63, 3.8) is 0 Å². The van der Waals surface area contributed by atoms with Gasteiger partial charge in [-0.15, -0.1) is 11.8 Å². The summed E-state index contributed by atoms with van der Waals surface area (Å²) >= 11 is 1.70. The minimum absolute atomic E-state index is 0.146. The lowest BCUT2D eigenvalue weighted by molar-refractivity contribution is 0.102. The van der Waals surface area contributed by atoms with Gasteiger partial charge in [0.1, 0.15) is 0 Å². The molecule has 0 aromatic carbocycles. The molecule has 0 radical (unpaired) electrons. The summed E-state index contributed by atoms with van der Waals surface area (Å²) in [6, 6.07) is 1.99. The molecule has 0 saturated heterocycles. The van der Waals surface area contributed by atoms with E-state index in [0.29, 0.717) is 5.75 Å². The SMILES string of the molecule is Cc1cc(C(=O)CSC(C)(C)C)c(C)n1C. The van der Waals surface area contributed by atoms with Crippen LogP contribution in [0.1, 0.15) is 42.5 Å². The Morgan fingerprint density at radius 3 is 2.31 bits per heavy atom. The third kappa shape index (κ3) is 3.14. The van der Waals surface area contributed by atoms with E-state index in [1.165, 1.54) is 0 Å². The number of hydrogen-bond acceptors (Lipinski definition) is 2. The Balaban J connectivity index is 2.78. The second-order valence-electron chi connectivity index (χ2n) is 5.17. The molecular weight excluding hydrogens is 218 g/mol. The van der Waals surface area contributed by atoms with Crippen LogP contribution in [0, 0.1) is 13.8 Å². The van der Waals surface area contributed by atoms with Crippen LogP contribution in [0.3, 0.4) is 0 Å². The molecule has 0 aliphatic carbocycles. The van der Waals surface area contributed by atoms with Crippen LogP contribution in [0.25, 0.3) is 0 Å². The van der Waals surface area contributed by atoms with Crippen LogP contribution in [0.15, 0.2) is 6.07 Å². The van der Waals surface area contributed by atoms with Gasteiger partial charge >= 0.3 is 0 Å². The third-order valence-electron chi connectivity index (χ3n) is 2.71. The van der Waals surface area contributed by atoms with Crippen molar-refractivity contribution in [2.45, 2.75) is 39.4 Å². The predicted octanol–water partition coefficient (Wildman–Crippen LogP) is 3.36. The molecule has 0 amide bonds. The predicted molar refractivity (Wildman–Crippen MR) is 71.4 cm³/mol. The number of aryl methyl sites for hydroxylation is 1. The summed E-state index contributed by atoms with van der Waals surface area (Å²) in [6.07, 6.45) is 0. The standard InChI is InChI=1S/C13H21NOS/c1-9-7-11(10(2)14(9)6)12(15)8-16-13(3,4)5/h7H,8H2,1-6H3. The molecule has 0 saturated carbocycles. The molecule has 0 spiro atoms. The first kappa shape index (κ1) is 13.4. The number of thioether (sulfide) groups is 1. The van der Waals surface area contributed by atoms with Crippen LogP contribution >= 0.6 is 11.8 Å². The van der Waals surface area contributed by atoms with Crippen LogP contribution in [-0.4, -0.2) is 20.9 Å². The number of hydrogen-bond donors (Lipinski definition) is 0. The smallest absolute Gasteiger partial charge is 0.174 e. The largest absolute Gasteiger partial charge is 0.351 e. The van der Waals surface area contributed by atoms with Crippen molar-refractivity contribution < 1.29 is 4.79 Å². The highest BCUT2D eigenvalue weighted by Gasteiger charge is 2.17. The van der Waals surface area contributed by atoms with Crippen LogP contribution in [0.5, 0.6) is 0 Å². The van der Waals surface area contributed by atoms with Gasteiger partial charge in [0.15, 0.2) is 5.78 Å². The van der Waals surface area contributed by atoms with E-state index in [1.54, 1.807) is 11.8 Å². The Bertz CT molecular complexity index is 399. The second kappa shape index (κ2) is 4.66. The highest BCUT2D eigenvalue weighted by Crippen LogP contribution is 2.25. The van der Waals surface area contributed by atoms with Crippen molar-refractivity contribution in [3.8, 4) is 0 Å². The summed E-state index contributed by atoms with van der Waals surface area (Å²) in [5, 5.41) is 0. The topological polar surface area (TPSA) is 22.0 Å². The lowest BCUT2D eigenvalue weighted by Gasteiger charge is -2.16. The Kier molecular flexibility index (Phi) is 3.89. The van der Waals surface area contributed by atoms with Crippen molar-refractivity contribution in [3.05, 3.63) is 23.0 Å². The third-order valence-corrected chi connectivity index (χ3v) is 3.98. The number of rotatable bonds is 3. The first-order valence-electron chi connectivity index (χ1n) is 5.52. The normalized spacial score (nSPS) is 11.9. The lowest BCUT2D eigenvalue weighted by Crippen LogP contribution is -2.13. The van der Waals surface area contributed by atoms with E-state index in [0.717, 1.165) is 17.0 Å². The van der Waals surface area contributed by atoms with E-state index >= 15 is 0 Å². The maximum atomic E-state index is 12.0. The average molecular weight is 239 g/mol. The first-order valence-corrected chi connectivity index (χ1v) is 6.51. The van der Waals surface area contributed by atoms with E-state index in [1.807, 2.05) is 27.0 Å². The fraction of sp³-hybridized carbons (Fsp3) is 0.615. The van der Waals surface area contributed by atoms with Gasteiger partial charge in [-0.1, -0.05) is 20.8 Å². The quantitative estimate of drug-likeness (QED) is 0.755. The van der Waals surface area contributed by atoms with E-state index in [9.17, 15) is 4.79 Å². The number of Topliss-reactive ketones (excluding diaryl/α,β-unsaturated/α-hetero) is 1. The Morgan fingerprint density at radius 2 is 1.94 bits per heavy atom. The van der Waals surface area contributed by atoms with Gasteiger partial charge in [-0.2, -0.15) is 0 Å². The molecule has 0 fully saturated rings. The first-order chi connectivity index (χ1) is 7.22. The molecule has 0 aliphatic rings. The van der Waals surface area contributed by atoms with Gasteiger partial charge in [-0.05, 0) is 19.9 Å². The monoisotopic (exact) mass is 239 g/mol. The fourth-order valence-electron chi connectivity index (χ4n) is 1.50. The van der Waals surface area contributed by atoms with E-state index in [2.05, 4.69) is 25.3 Å². The van der Waals surface area contributed by atoms with Crippen LogP contribution in [-0.2, 0) is 7.05 Å². The average Bonchev–Trinajstić information content (AvgIpc) is 2.41. The molecule has 0 N–H and O–H groups in total. The van der Waals surface area contributed by atoms with E-state index in [4.69, 9.17) is 0 Å². The molecule has 0 aliphatic heterocycles. The summed E-state index contributed by atoms with van der Waals surface area (Å²) < 4.78 is 2.21. The van der Waals surface area contributed by atoms with Gasteiger partial charge in [0.25, 0.3) is 0 Å². The number of nitrogens with zero attached hydrogens (tertiary/aromatic N) is 1. The molecule has 0 bridgehead atoms. The highest BCUT2D eigenvalue weighted by molar-refractivity contribution is 8.01. The molecule has 0 unspecified atom stereocenters. The summed E-state index contributed by atoms with van der Waals surface area (Å²) in [7, 11) is 2.00. The zero-order valence-corrected chi connectivity index (χ0v) is 11.9. The van der Waals surface area contributed by atoms with Gasteiger partial charge in [0.2, 0.25) is 0 Å². The lowest BCUT2D eigenvalue weighted by atomic mass is 10.2. The fourth-order valence-corrected chi connectivity index (χ4v) is 2.22. The minimum atomic E-state index is 0.146. The molecular formula is C13H21NOS. The number of aromatic nitrogens is 1. The summed E-state index contributed by atoms with van der Waals surface area (Å²) in [6.45, 7) is 10.4. The van der Waals surface area contributed by atoms with Gasteiger partial charge < -0.3 is 4.57 Å². The number of carbonyl (C=O) groups excluding carboxylic acids is 1. The van der Waals surface area contributed by atoms with E-state index < -0.39 is 0 Å². The number of ketones is 1. The van der Waals surface area contributed by atoms with Gasteiger partial charge in [-0.3, -0.25) is 4.79 Å². The molecule has 1 heterocycles. The van der Waals surface area contributed by atoms with Crippen molar-refractivity contribution in [1.82, 2.24) is 4.57 Å². The summed E-state index contributed by atoms with van der Waals surface area (Å²) in [5.41, 5.74) is 3.08. The molecule has 1 aromatic rings. The van der Waals surface area contributed by atoms with Crippen molar-refractivity contribution in [2.75, 3.05) is 5.75 Å². The zero-order chi connectivity index (χ0) is 12.5. The van der Waals surface area contributed by atoms with Gasteiger partial charge in [0.05, 0.1) is 5.75 Å².